The van der Waals surface area contributed by atoms with Crippen LogP contribution in [0.1, 0.15) is 64.4 Å². The van der Waals surface area contributed by atoms with E-state index in [0.717, 1.165) is 31.2 Å². The predicted octanol–water partition coefficient (Wildman–Crippen LogP) is 5.97. The molecule has 3 unspecified atom stereocenters. The highest BCUT2D eigenvalue weighted by Gasteiger charge is 2.33. The minimum absolute atomic E-state index is 0.0831. The summed E-state index contributed by atoms with van der Waals surface area (Å²) in [4.78, 5) is 24.7. The number of carbonyl (C=O) groups excluding carboxylic acids is 2. The summed E-state index contributed by atoms with van der Waals surface area (Å²) in [6.45, 7) is 5.70. The molecule has 3 atom stereocenters. The molecule has 0 saturated heterocycles. The molecule has 0 radical (unpaired) electrons. The summed E-state index contributed by atoms with van der Waals surface area (Å²) in [5, 5.41) is 2.78. The quantitative estimate of drug-likeness (QED) is 0.225. The summed E-state index contributed by atoms with van der Waals surface area (Å²) in [5.74, 6) is -0.247. The van der Waals surface area contributed by atoms with Gasteiger partial charge in [0.05, 0.1) is 13.0 Å². The minimum atomic E-state index is -3.20. The molecule has 0 bridgehead atoms. The van der Waals surface area contributed by atoms with Crippen molar-refractivity contribution < 1.29 is 28.2 Å². The van der Waals surface area contributed by atoms with Gasteiger partial charge in [-0.15, -0.1) is 0 Å². The van der Waals surface area contributed by atoms with Crippen molar-refractivity contribution in [1.29, 1.82) is 0 Å². The zero-order valence-electron chi connectivity index (χ0n) is 20.5. The number of rotatable bonds is 12. The first-order valence-electron chi connectivity index (χ1n) is 12.0. The molecular formula is C25H40NO6P. The van der Waals surface area contributed by atoms with Gasteiger partial charge < -0.3 is 14.0 Å². The Hall–Kier alpha value is -1.85. The van der Waals surface area contributed by atoms with Crippen molar-refractivity contribution >= 4 is 19.4 Å². The molecule has 186 valence electrons. The average molecular weight is 482 g/mol. The lowest BCUT2D eigenvalue weighted by molar-refractivity contribution is -0.145. The molecular weight excluding hydrogens is 441 g/mol. The van der Waals surface area contributed by atoms with Crippen molar-refractivity contribution in [3.05, 3.63) is 35.9 Å². The van der Waals surface area contributed by atoms with Crippen LogP contribution in [0.2, 0.25) is 0 Å². The summed E-state index contributed by atoms with van der Waals surface area (Å²) in [6, 6.07) is 9.43. The second-order valence-electron chi connectivity index (χ2n) is 9.59. The minimum Gasteiger partial charge on any atom is -0.469 e. The SMILES string of the molecule is COC(=O)C(CC(C)C)CP(C)(=O)OC(CC1CCCCC1)NC(=O)OCc1ccccc1. The number of benzene rings is 1. The van der Waals surface area contributed by atoms with Gasteiger partial charge in [0.2, 0.25) is 7.37 Å². The van der Waals surface area contributed by atoms with E-state index in [4.69, 9.17) is 14.0 Å². The molecule has 8 heteroatoms. The lowest BCUT2D eigenvalue weighted by Crippen LogP contribution is -2.39. The summed E-state index contributed by atoms with van der Waals surface area (Å²) >= 11 is 0. The molecule has 1 fully saturated rings. The van der Waals surface area contributed by atoms with Crippen LogP contribution in [0.5, 0.6) is 0 Å². The number of methoxy groups -OCH3 is 1. The fourth-order valence-electron chi connectivity index (χ4n) is 4.44. The highest BCUT2D eigenvalue weighted by atomic mass is 31.2. The van der Waals surface area contributed by atoms with E-state index in [0.29, 0.717) is 18.8 Å². The number of ether oxygens (including phenoxy) is 2. The molecule has 1 amide bonds. The van der Waals surface area contributed by atoms with Crippen molar-refractivity contribution in [2.24, 2.45) is 17.8 Å². The lowest BCUT2D eigenvalue weighted by atomic mass is 9.86. The van der Waals surface area contributed by atoms with E-state index in [2.05, 4.69) is 5.32 Å². The number of carbonyl (C=O) groups is 2. The summed E-state index contributed by atoms with van der Waals surface area (Å²) in [6.07, 6.45) is 5.53. The molecule has 1 aromatic rings. The van der Waals surface area contributed by atoms with Gasteiger partial charge in [-0.3, -0.25) is 14.7 Å². The summed E-state index contributed by atoms with van der Waals surface area (Å²) < 4.78 is 29.7. The van der Waals surface area contributed by atoms with Crippen LogP contribution in [-0.2, 0) is 30.0 Å². The van der Waals surface area contributed by atoms with Crippen molar-refractivity contribution in [2.75, 3.05) is 19.9 Å². The number of nitrogens with one attached hydrogen (secondary N) is 1. The predicted molar refractivity (Wildman–Crippen MR) is 129 cm³/mol. The molecule has 0 aliphatic heterocycles. The normalized spacial score (nSPS) is 18.2. The van der Waals surface area contributed by atoms with Crippen molar-refractivity contribution in [1.82, 2.24) is 5.32 Å². The largest absolute Gasteiger partial charge is 0.469 e. The first-order valence-corrected chi connectivity index (χ1v) is 14.2. The van der Waals surface area contributed by atoms with E-state index in [9.17, 15) is 14.2 Å². The van der Waals surface area contributed by atoms with Gasteiger partial charge in [-0.2, -0.15) is 0 Å². The molecule has 1 N–H and O–H groups in total. The van der Waals surface area contributed by atoms with Gasteiger partial charge in [0, 0.05) is 12.8 Å². The average Bonchev–Trinajstić information content (AvgIpc) is 2.77. The first kappa shape index (κ1) is 27.4. The maximum Gasteiger partial charge on any atom is 0.409 e. The van der Waals surface area contributed by atoms with Crippen LogP contribution in [0.4, 0.5) is 4.79 Å². The third-order valence-corrected chi connectivity index (χ3v) is 7.76. The van der Waals surface area contributed by atoms with E-state index in [1.807, 2.05) is 44.2 Å². The Morgan fingerprint density at radius 3 is 2.39 bits per heavy atom. The third kappa shape index (κ3) is 10.7. The molecule has 1 aliphatic carbocycles. The van der Waals surface area contributed by atoms with Gasteiger partial charge in [0.1, 0.15) is 12.8 Å². The van der Waals surface area contributed by atoms with Crippen LogP contribution in [-0.4, -0.2) is 38.2 Å². The molecule has 0 spiro atoms. The number of alkyl carbamates (subject to hydrolysis) is 1. The van der Waals surface area contributed by atoms with Gasteiger partial charge in [0.15, 0.2) is 0 Å². The smallest absolute Gasteiger partial charge is 0.409 e. The summed E-state index contributed by atoms with van der Waals surface area (Å²) in [7, 11) is -1.86. The number of hydrogen-bond donors (Lipinski definition) is 1. The number of amides is 1. The topological polar surface area (TPSA) is 90.9 Å². The fraction of sp³-hybridized carbons (Fsp3) is 0.680. The Bertz CT molecular complexity index is 778. The third-order valence-electron chi connectivity index (χ3n) is 5.96. The number of hydrogen-bond acceptors (Lipinski definition) is 6. The van der Waals surface area contributed by atoms with Gasteiger partial charge in [-0.25, -0.2) is 4.79 Å². The summed E-state index contributed by atoms with van der Waals surface area (Å²) in [5.41, 5.74) is 0.883. The van der Waals surface area contributed by atoms with Crippen LogP contribution >= 0.6 is 7.37 Å². The molecule has 1 aliphatic rings. The maximum absolute atomic E-state index is 13.4. The maximum atomic E-state index is 13.4. The monoisotopic (exact) mass is 481 g/mol. The number of esters is 1. The van der Waals surface area contributed by atoms with Crippen LogP contribution in [0.15, 0.2) is 30.3 Å². The first-order chi connectivity index (χ1) is 15.7. The van der Waals surface area contributed by atoms with Crippen molar-refractivity contribution in [3.63, 3.8) is 0 Å². The van der Waals surface area contributed by atoms with Gasteiger partial charge in [-0.1, -0.05) is 76.3 Å². The van der Waals surface area contributed by atoms with Crippen LogP contribution in [0.25, 0.3) is 0 Å². The Balaban J connectivity index is 2.03. The molecule has 7 nitrogen and oxygen atoms in total. The molecule has 1 saturated carbocycles. The second-order valence-corrected chi connectivity index (χ2v) is 12.2. The van der Waals surface area contributed by atoms with Gasteiger partial charge in [-0.05, 0) is 30.2 Å². The molecule has 2 rings (SSSR count). The van der Waals surface area contributed by atoms with E-state index in [1.165, 1.54) is 20.2 Å². The zero-order valence-corrected chi connectivity index (χ0v) is 21.4. The van der Waals surface area contributed by atoms with E-state index in [1.54, 1.807) is 0 Å². The van der Waals surface area contributed by atoms with Crippen LogP contribution < -0.4 is 5.32 Å². The molecule has 33 heavy (non-hydrogen) atoms. The van der Waals surface area contributed by atoms with E-state index >= 15 is 0 Å². The van der Waals surface area contributed by atoms with E-state index in [-0.39, 0.29) is 24.7 Å². The second kappa shape index (κ2) is 13.8. The highest BCUT2D eigenvalue weighted by molar-refractivity contribution is 7.58. The van der Waals surface area contributed by atoms with Crippen LogP contribution in [0, 0.1) is 17.8 Å². The van der Waals surface area contributed by atoms with Gasteiger partial charge >= 0.3 is 12.1 Å². The standard InChI is InChI=1S/C25H40NO6P/c1-19(2)15-22(24(27)30-3)18-33(4,29)32-23(16-20-11-7-5-8-12-20)26-25(28)31-17-21-13-9-6-10-14-21/h6,9-10,13-14,19-20,22-23H,5,7-8,11-12,15-18H2,1-4H3,(H,26,28). The highest BCUT2D eigenvalue weighted by Crippen LogP contribution is 2.47. The molecule has 0 heterocycles. The molecule has 0 aromatic heterocycles. The Labute approximate surface area is 198 Å². The Morgan fingerprint density at radius 2 is 1.79 bits per heavy atom. The van der Waals surface area contributed by atoms with E-state index < -0.39 is 25.6 Å². The van der Waals surface area contributed by atoms with Crippen molar-refractivity contribution in [3.8, 4) is 0 Å². The fourth-order valence-corrected chi connectivity index (χ4v) is 6.31. The zero-order chi connectivity index (χ0) is 24.3. The van der Waals surface area contributed by atoms with Crippen molar-refractivity contribution in [2.45, 2.75) is 71.6 Å². The Kier molecular flexibility index (Phi) is 11.4. The van der Waals surface area contributed by atoms with Crippen LogP contribution in [0.3, 0.4) is 0 Å². The van der Waals surface area contributed by atoms with Gasteiger partial charge in [0.25, 0.3) is 0 Å². The molecule has 1 aromatic carbocycles. The Morgan fingerprint density at radius 1 is 1.12 bits per heavy atom. The lowest BCUT2D eigenvalue weighted by Gasteiger charge is -2.30.